The first-order chi connectivity index (χ1) is 8.95. The molecule has 0 bridgehead atoms. The molecule has 3 nitrogen and oxygen atoms in total. The number of carbonyl (C=O) groups excluding carboxylic acids is 1. The van der Waals surface area contributed by atoms with Crippen LogP contribution in [0, 0.1) is 13.8 Å². The number of nitrogens with one attached hydrogen (secondary N) is 1. The first-order valence-corrected chi connectivity index (χ1v) is 7.26. The first-order valence-electron chi connectivity index (χ1n) is 5.67. The highest BCUT2D eigenvalue weighted by Gasteiger charge is 2.11. The van der Waals surface area contributed by atoms with Crippen LogP contribution in [0.25, 0.3) is 0 Å². The topological polar surface area (TPSA) is 42.0 Å². The standard InChI is InChI=1S/C14H12Br2N2O/c1-8-5-9(2)17-13(6-8)18-14(19)11-7-10(15)3-4-12(11)16/h3-7H,1-2H3,(H,17,18,19). The van der Waals surface area contributed by atoms with E-state index in [-0.39, 0.29) is 5.91 Å². The van der Waals surface area contributed by atoms with E-state index in [0.29, 0.717) is 11.4 Å². The number of halogens is 2. The monoisotopic (exact) mass is 382 g/mol. The number of hydrogen-bond acceptors (Lipinski definition) is 2. The molecule has 1 amide bonds. The van der Waals surface area contributed by atoms with Gasteiger partial charge >= 0.3 is 0 Å². The SMILES string of the molecule is Cc1cc(C)nc(NC(=O)c2cc(Br)ccc2Br)c1. The fourth-order valence-corrected chi connectivity index (χ4v) is 2.55. The Morgan fingerprint density at radius 2 is 1.89 bits per heavy atom. The summed E-state index contributed by atoms with van der Waals surface area (Å²) in [5.41, 5.74) is 2.51. The second kappa shape index (κ2) is 5.84. The molecule has 19 heavy (non-hydrogen) atoms. The maximum Gasteiger partial charge on any atom is 0.258 e. The van der Waals surface area contributed by atoms with Gasteiger partial charge in [0.15, 0.2) is 0 Å². The van der Waals surface area contributed by atoms with Crippen LogP contribution < -0.4 is 5.32 Å². The minimum absolute atomic E-state index is 0.189. The summed E-state index contributed by atoms with van der Waals surface area (Å²) in [6.45, 7) is 3.87. The van der Waals surface area contributed by atoms with Crippen molar-refractivity contribution >= 4 is 43.6 Å². The molecule has 1 N–H and O–H groups in total. The van der Waals surface area contributed by atoms with Crippen LogP contribution in [0.3, 0.4) is 0 Å². The minimum Gasteiger partial charge on any atom is -0.307 e. The van der Waals surface area contributed by atoms with Crippen LogP contribution in [-0.4, -0.2) is 10.9 Å². The molecular weight excluding hydrogens is 372 g/mol. The fraction of sp³-hybridized carbons (Fsp3) is 0.143. The molecule has 0 aliphatic carbocycles. The van der Waals surface area contributed by atoms with Crippen LogP contribution in [0.5, 0.6) is 0 Å². The molecule has 5 heteroatoms. The number of pyridine rings is 1. The summed E-state index contributed by atoms with van der Waals surface area (Å²) < 4.78 is 1.60. The molecule has 0 saturated carbocycles. The molecule has 0 radical (unpaired) electrons. The van der Waals surface area contributed by atoms with Crippen molar-refractivity contribution in [3.63, 3.8) is 0 Å². The van der Waals surface area contributed by atoms with Gasteiger partial charge in [0.2, 0.25) is 0 Å². The van der Waals surface area contributed by atoms with Gasteiger partial charge in [0, 0.05) is 14.6 Å². The summed E-state index contributed by atoms with van der Waals surface area (Å²) in [6.07, 6.45) is 0. The van der Waals surface area contributed by atoms with E-state index in [2.05, 4.69) is 42.2 Å². The van der Waals surface area contributed by atoms with Crippen LogP contribution in [0.1, 0.15) is 21.6 Å². The number of nitrogens with zero attached hydrogens (tertiary/aromatic N) is 1. The van der Waals surface area contributed by atoms with Gasteiger partial charge in [0.25, 0.3) is 5.91 Å². The molecule has 0 aliphatic rings. The molecular formula is C14H12Br2N2O. The average Bonchev–Trinajstić information content (AvgIpc) is 2.30. The second-order valence-corrected chi connectivity index (χ2v) is 6.02. The number of rotatable bonds is 2. The minimum atomic E-state index is -0.189. The summed E-state index contributed by atoms with van der Waals surface area (Å²) in [4.78, 5) is 16.5. The summed E-state index contributed by atoms with van der Waals surface area (Å²) in [7, 11) is 0. The number of anilines is 1. The van der Waals surface area contributed by atoms with Crippen molar-refractivity contribution in [3.05, 3.63) is 56.1 Å². The largest absolute Gasteiger partial charge is 0.307 e. The van der Waals surface area contributed by atoms with Crippen molar-refractivity contribution in [1.29, 1.82) is 0 Å². The third kappa shape index (κ3) is 3.64. The number of amides is 1. The molecule has 98 valence electrons. The van der Waals surface area contributed by atoms with Crippen molar-refractivity contribution in [3.8, 4) is 0 Å². The number of hydrogen-bond donors (Lipinski definition) is 1. The lowest BCUT2D eigenvalue weighted by Gasteiger charge is -2.08. The average molecular weight is 384 g/mol. The molecule has 0 fully saturated rings. The molecule has 1 aromatic carbocycles. The Morgan fingerprint density at radius 3 is 2.58 bits per heavy atom. The highest BCUT2D eigenvalue weighted by atomic mass is 79.9. The van der Waals surface area contributed by atoms with E-state index < -0.39 is 0 Å². The maximum absolute atomic E-state index is 12.2. The van der Waals surface area contributed by atoms with Crippen LogP contribution in [0.4, 0.5) is 5.82 Å². The highest BCUT2D eigenvalue weighted by Crippen LogP contribution is 2.22. The van der Waals surface area contributed by atoms with Gasteiger partial charge in [-0.25, -0.2) is 4.98 Å². The van der Waals surface area contributed by atoms with Crippen LogP contribution in [0.2, 0.25) is 0 Å². The van der Waals surface area contributed by atoms with Crippen molar-refractivity contribution in [2.75, 3.05) is 5.32 Å². The third-order valence-corrected chi connectivity index (χ3v) is 3.70. The lowest BCUT2D eigenvalue weighted by Crippen LogP contribution is -2.14. The Hall–Kier alpha value is -1.20. The molecule has 2 rings (SSSR count). The number of benzene rings is 1. The zero-order chi connectivity index (χ0) is 14.0. The third-order valence-electron chi connectivity index (χ3n) is 2.51. The molecule has 0 saturated heterocycles. The zero-order valence-electron chi connectivity index (χ0n) is 10.5. The molecule has 1 aromatic heterocycles. The molecule has 0 spiro atoms. The summed E-state index contributed by atoms with van der Waals surface area (Å²) >= 11 is 6.73. The lowest BCUT2D eigenvalue weighted by molar-refractivity contribution is 0.102. The molecule has 1 heterocycles. The van der Waals surface area contributed by atoms with E-state index in [1.54, 1.807) is 6.07 Å². The summed E-state index contributed by atoms with van der Waals surface area (Å²) in [5.74, 6) is 0.375. The fourth-order valence-electron chi connectivity index (χ4n) is 1.76. The van der Waals surface area contributed by atoms with Gasteiger partial charge in [-0.3, -0.25) is 4.79 Å². The maximum atomic E-state index is 12.2. The van der Waals surface area contributed by atoms with E-state index in [0.717, 1.165) is 20.2 Å². The Bertz CT molecular complexity index is 621. The number of aromatic nitrogens is 1. The molecule has 0 atom stereocenters. The summed E-state index contributed by atoms with van der Waals surface area (Å²) in [5, 5.41) is 2.81. The Labute approximate surface area is 128 Å². The normalized spacial score (nSPS) is 10.3. The van der Waals surface area contributed by atoms with Gasteiger partial charge in [0.1, 0.15) is 5.82 Å². The van der Waals surface area contributed by atoms with E-state index in [1.165, 1.54) is 0 Å². The van der Waals surface area contributed by atoms with Gasteiger partial charge in [0.05, 0.1) is 5.56 Å². The Kier molecular flexibility index (Phi) is 4.37. The molecule has 2 aromatic rings. The van der Waals surface area contributed by atoms with E-state index in [9.17, 15) is 4.79 Å². The lowest BCUT2D eigenvalue weighted by atomic mass is 10.2. The van der Waals surface area contributed by atoms with Crippen LogP contribution in [-0.2, 0) is 0 Å². The molecule has 0 aliphatic heterocycles. The van der Waals surface area contributed by atoms with E-state index >= 15 is 0 Å². The van der Waals surface area contributed by atoms with E-state index in [1.807, 2.05) is 38.1 Å². The van der Waals surface area contributed by atoms with Gasteiger partial charge < -0.3 is 5.32 Å². The second-order valence-electron chi connectivity index (χ2n) is 4.25. The highest BCUT2D eigenvalue weighted by molar-refractivity contribution is 9.11. The predicted molar refractivity (Wildman–Crippen MR) is 83.5 cm³/mol. The van der Waals surface area contributed by atoms with Gasteiger partial charge in [-0.1, -0.05) is 15.9 Å². The Morgan fingerprint density at radius 1 is 1.16 bits per heavy atom. The van der Waals surface area contributed by atoms with Crippen molar-refractivity contribution in [1.82, 2.24) is 4.98 Å². The predicted octanol–water partition coefficient (Wildman–Crippen LogP) is 4.48. The van der Waals surface area contributed by atoms with Crippen LogP contribution in [0.15, 0.2) is 39.3 Å². The quantitative estimate of drug-likeness (QED) is 0.830. The van der Waals surface area contributed by atoms with Gasteiger partial charge in [-0.2, -0.15) is 0 Å². The smallest absolute Gasteiger partial charge is 0.258 e. The van der Waals surface area contributed by atoms with Crippen LogP contribution >= 0.6 is 31.9 Å². The summed E-state index contributed by atoms with van der Waals surface area (Å²) in [6, 6.07) is 9.27. The van der Waals surface area contributed by atoms with Gasteiger partial charge in [-0.15, -0.1) is 0 Å². The van der Waals surface area contributed by atoms with Crippen molar-refractivity contribution in [2.24, 2.45) is 0 Å². The van der Waals surface area contributed by atoms with Crippen molar-refractivity contribution in [2.45, 2.75) is 13.8 Å². The molecule has 0 unspecified atom stereocenters. The number of carbonyl (C=O) groups is 1. The number of aryl methyl sites for hydroxylation is 2. The van der Waals surface area contributed by atoms with Crippen molar-refractivity contribution < 1.29 is 4.79 Å². The van der Waals surface area contributed by atoms with E-state index in [4.69, 9.17) is 0 Å². The zero-order valence-corrected chi connectivity index (χ0v) is 13.7. The first kappa shape index (κ1) is 14.2. The van der Waals surface area contributed by atoms with Gasteiger partial charge in [-0.05, 0) is 65.7 Å². The Balaban J connectivity index is 2.28.